The van der Waals surface area contributed by atoms with Crippen LogP contribution in [0.25, 0.3) is 5.69 Å². The third-order valence-corrected chi connectivity index (χ3v) is 2.61. The molecule has 0 aliphatic carbocycles. The number of hydrogen-bond acceptors (Lipinski definition) is 4. The van der Waals surface area contributed by atoms with Crippen molar-refractivity contribution in [2.45, 2.75) is 0 Å². The van der Waals surface area contributed by atoms with Crippen molar-refractivity contribution >= 4 is 17.5 Å². The predicted octanol–water partition coefficient (Wildman–Crippen LogP) is -0.0870. The fraction of sp³-hybridized carbons (Fsp3) is 0.0833. The summed E-state index contributed by atoms with van der Waals surface area (Å²) in [5.74, 6) is -0.859. The monoisotopic (exact) mass is 259 g/mol. The molecule has 0 saturated heterocycles. The van der Waals surface area contributed by atoms with Crippen molar-refractivity contribution in [1.82, 2.24) is 15.1 Å². The highest BCUT2D eigenvalue weighted by molar-refractivity contribution is 5.98. The largest absolute Gasteiger partial charge is 0.399 e. The Morgan fingerprint density at radius 3 is 2.68 bits per heavy atom. The summed E-state index contributed by atoms with van der Waals surface area (Å²) < 4.78 is 1.39. The van der Waals surface area contributed by atoms with E-state index in [0.717, 1.165) is 0 Å². The SMILES string of the molecule is CNC(=O)c1ccc(N)cc1-n1cc(C(N)=O)cn1. The number of amides is 2. The number of carbonyl (C=O) groups excluding carboxylic acids is 2. The summed E-state index contributed by atoms with van der Waals surface area (Å²) >= 11 is 0. The molecule has 19 heavy (non-hydrogen) atoms. The molecule has 98 valence electrons. The summed E-state index contributed by atoms with van der Waals surface area (Å²) in [7, 11) is 1.53. The lowest BCUT2D eigenvalue weighted by atomic mass is 10.1. The Hall–Kier alpha value is -2.83. The highest BCUT2D eigenvalue weighted by Gasteiger charge is 2.14. The third-order valence-electron chi connectivity index (χ3n) is 2.61. The van der Waals surface area contributed by atoms with Gasteiger partial charge in [0.15, 0.2) is 0 Å². The second-order valence-corrected chi connectivity index (χ2v) is 3.89. The number of nitrogen functional groups attached to an aromatic ring is 1. The van der Waals surface area contributed by atoms with E-state index in [0.29, 0.717) is 16.9 Å². The van der Waals surface area contributed by atoms with E-state index in [4.69, 9.17) is 11.5 Å². The van der Waals surface area contributed by atoms with Gasteiger partial charge in [-0.2, -0.15) is 5.10 Å². The summed E-state index contributed by atoms with van der Waals surface area (Å²) in [5.41, 5.74) is 12.5. The highest BCUT2D eigenvalue weighted by Crippen LogP contribution is 2.18. The number of nitrogens with two attached hydrogens (primary N) is 2. The van der Waals surface area contributed by atoms with Crippen LogP contribution in [-0.2, 0) is 0 Å². The Labute approximate surface area is 109 Å². The lowest BCUT2D eigenvalue weighted by Gasteiger charge is -2.09. The van der Waals surface area contributed by atoms with Crippen LogP contribution in [0.2, 0.25) is 0 Å². The molecule has 0 spiro atoms. The van der Waals surface area contributed by atoms with E-state index in [1.165, 1.54) is 24.1 Å². The molecule has 1 aromatic heterocycles. The molecule has 7 nitrogen and oxygen atoms in total. The van der Waals surface area contributed by atoms with Crippen LogP contribution in [0.5, 0.6) is 0 Å². The van der Waals surface area contributed by atoms with Crippen molar-refractivity contribution in [3.8, 4) is 5.69 Å². The van der Waals surface area contributed by atoms with E-state index < -0.39 is 5.91 Å². The summed E-state index contributed by atoms with van der Waals surface area (Å²) in [5, 5.41) is 6.53. The Morgan fingerprint density at radius 2 is 2.11 bits per heavy atom. The second kappa shape index (κ2) is 4.81. The van der Waals surface area contributed by atoms with Crippen molar-refractivity contribution in [2.75, 3.05) is 12.8 Å². The van der Waals surface area contributed by atoms with Crippen LogP contribution in [0.3, 0.4) is 0 Å². The van der Waals surface area contributed by atoms with Gasteiger partial charge in [-0.1, -0.05) is 0 Å². The molecule has 0 atom stereocenters. The summed E-state index contributed by atoms with van der Waals surface area (Å²) in [6.07, 6.45) is 2.78. The van der Waals surface area contributed by atoms with E-state index in [1.807, 2.05) is 0 Å². The van der Waals surface area contributed by atoms with Gasteiger partial charge in [-0.3, -0.25) is 9.59 Å². The summed E-state index contributed by atoms with van der Waals surface area (Å²) in [6, 6.07) is 4.81. The van der Waals surface area contributed by atoms with Crippen LogP contribution in [0.15, 0.2) is 30.6 Å². The number of rotatable bonds is 3. The Morgan fingerprint density at radius 1 is 1.37 bits per heavy atom. The fourth-order valence-corrected chi connectivity index (χ4v) is 1.65. The molecule has 2 rings (SSSR count). The molecule has 0 aliphatic rings. The highest BCUT2D eigenvalue weighted by atomic mass is 16.2. The number of nitrogens with zero attached hydrogens (tertiary/aromatic N) is 2. The van der Waals surface area contributed by atoms with Gasteiger partial charge in [0, 0.05) is 18.9 Å². The zero-order valence-electron chi connectivity index (χ0n) is 10.3. The number of carbonyl (C=O) groups is 2. The van der Waals surface area contributed by atoms with Gasteiger partial charge in [-0.25, -0.2) is 4.68 Å². The molecule has 0 saturated carbocycles. The van der Waals surface area contributed by atoms with Crippen LogP contribution < -0.4 is 16.8 Å². The van der Waals surface area contributed by atoms with Crippen LogP contribution >= 0.6 is 0 Å². The average molecular weight is 259 g/mol. The van der Waals surface area contributed by atoms with Gasteiger partial charge >= 0.3 is 0 Å². The van der Waals surface area contributed by atoms with Gasteiger partial charge < -0.3 is 16.8 Å². The third kappa shape index (κ3) is 2.39. The molecule has 0 bridgehead atoms. The number of hydrogen-bond donors (Lipinski definition) is 3. The lowest BCUT2D eigenvalue weighted by Crippen LogP contribution is -2.20. The first-order valence-electron chi connectivity index (χ1n) is 5.49. The topological polar surface area (TPSA) is 116 Å². The van der Waals surface area contributed by atoms with Gasteiger partial charge in [-0.05, 0) is 18.2 Å². The van der Waals surface area contributed by atoms with Crippen molar-refractivity contribution < 1.29 is 9.59 Å². The van der Waals surface area contributed by atoms with Crippen LogP contribution in [0.4, 0.5) is 5.69 Å². The number of aromatic nitrogens is 2. The van der Waals surface area contributed by atoms with E-state index in [2.05, 4.69) is 10.4 Å². The minimum atomic E-state index is -0.586. The first-order chi connectivity index (χ1) is 9.02. The van der Waals surface area contributed by atoms with Crippen LogP contribution in [0.1, 0.15) is 20.7 Å². The first kappa shape index (κ1) is 12.6. The van der Waals surface area contributed by atoms with Gasteiger partial charge in [0.1, 0.15) is 0 Å². The number of anilines is 1. The molecule has 2 amide bonds. The lowest BCUT2D eigenvalue weighted by molar-refractivity contribution is 0.0961. The maximum absolute atomic E-state index is 11.8. The normalized spacial score (nSPS) is 10.2. The fourth-order valence-electron chi connectivity index (χ4n) is 1.65. The summed E-state index contributed by atoms with van der Waals surface area (Å²) in [6.45, 7) is 0. The van der Waals surface area contributed by atoms with Crippen LogP contribution in [-0.4, -0.2) is 28.6 Å². The Bertz CT molecular complexity index is 647. The number of primary amides is 1. The summed E-state index contributed by atoms with van der Waals surface area (Å²) in [4.78, 5) is 22.8. The van der Waals surface area contributed by atoms with Crippen molar-refractivity contribution in [3.05, 3.63) is 41.7 Å². The Kier molecular flexibility index (Phi) is 3.19. The quantitative estimate of drug-likeness (QED) is 0.668. The zero-order valence-corrected chi connectivity index (χ0v) is 10.3. The standard InChI is InChI=1S/C12H13N5O2/c1-15-12(19)9-3-2-8(13)4-10(9)17-6-7(5-16-17)11(14)18/h2-6H,13H2,1H3,(H2,14,18)(H,15,19). The van der Waals surface area contributed by atoms with Crippen molar-refractivity contribution in [3.63, 3.8) is 0 Å². The van der Waals surface area contributed by atoms with Gasteiger partial charge in [0.2, 0.25) is 0 Å². The van der Waals surface area contributed by atoms with E-state index >= 15 is 0 Å². The molecule has 5 N–H and O–H groups in total. The molecule has 2 aromatic rings. The van der Waals surface area contributed by atoms with Gasteiger partial charge in [-0.15, -0.1) is 0 Å². The maximum atomic E-state index is 11.8. The minimum absolute atomic E-state index is 0.255. The molecule has 0 aliphatic heterocycles. The molecule has 1 aromatic carbocycles. The van der Waals surface area contributed by atoms with Crippen molar-refractivity contribution in [2.24, 2.45) is 5.73 Å². The molecule has 1 heterocycles. The Balaban J connectivity index is 2.55. The number of nitrogens with one attached hydrogen (secondary N) is 1. The zero-order chi connectivity index (χ0) is 14.0. The molecular weight excluding hydrogens is 246 g/mol. The van der Waals surface area contributed by atoms with Crippen molar-refractivity contribution in [1.29, 1.82) is 0 Å². The molecular formula is C12H13N5O2. The first-order valence-corrected chi connectivity index (χ1v) is 5.49. The molecule has 7 heteroatoms. The molecule has 0 radical (unpaired) electrons. The molecule has 0 unspecified atom stereocenters. The van der Waals surface area contributed by atoms with Gasteiger partial charge in [0.25, 0.3) is 11.8 Å². The van der Waals surface area contributed by atoms with E-state index in [9.17, 15) is 9.59 Å². The van der Waals surface area contributed by atoms with Crippen LogP contribution in [0, 0.1) is 0 Å². The second-order valence-electron chi connectivity index (χ2n) is 3.89. The van der Waals surface area contributed by atoms with Gasteiger partial charge in [0.05, 0.1) is 23.0 Å². The minimum Gasteiger partial charge on any atom is -0.399 e. The average Bonchev–Trinajstić information content (AvgIpc) is 2.87. The smallest absolute Gasteiger partial charge is 0.253 e. The number of benzene rings is 1. The molecule has 0 fully saturated rings. The van der Waals surface area contributed by atoms with E-state index in [-0.39, 0.29) is 11.5 Å². The predicted molar refractivity (Wildman–Crippen MR) is 69.9 cm³/mol. The van der Waals surface area contributed by atoms with E-state index in [1.54, 1.807) is 18.2 Å². The maximum Gasteiger partial charge on any atom is 0.253 e.